The molecule has 0 unspecified atom stereocenters. The van der Waals surface area contributed by atoms with Crippen molar-refractivity contribution in [3.8, 4) is 0 Å². The fourth-order valence-corrected chi connectivity index (χ4v) is 2.21. The van der Waals surface area contributed by atoms with Gasteiger partial charge in [0.05, 0.1) is 23.5 Å². The number of nitrogens with zero attached hydrogens (tertiary/aromatic N) is 1. The van der Waals surface area contributed by atoms with Crippen molar-refractivity contribution in [2.75, 3.05) is 20.8 Å². The standard InChI is InChI=1S/C12H15N3O3S/c1-17-11(18-2)6-13-12(16)8-3-4-9-10(5-8)19-15-7-14-9/h3-5,7,11H,6H2,1-2H3,(H,13,16)(H,14,15). The Balaban J connectivity index is 2.01. The van der Waals surface area contributed by atoms with Crippen LogP contribution in [0.4, 0.5) is 5.69 Å². The fourth-order valence-electron chi connectivity index (χ4n) is 1.57. The summed E-state index contributed by atoms with van der Waals surface area (Å²) in [5.74, 6) is -0.169. The highest BCUT2D eigenvalue weighted by Gasteiger charge is 2.13. The quantitative estimate of drug-likeness (QED) is 0.629. The third kappa shape index (κ3) is 3.46. The zero-order valence-corrected chi connectivity index (χ0v) is 11.5. The molecule has 0 saturated carbocycles. The predicted molar refractivity (Wildman–Crippen MR) is 73.7 cm³/mol. The van der Waals surface area contributed by atoms with Crippen molar-refractivity contribution in [1.29, 1.82) is 0 Å². The van der Waals surface area contributed by atoms with Gasteiger partial charge in [-0.15, -0.1) is 0 Å². The minimum Gasteiger partial charge on any atom is -0.354 e. The van der Waals surface area contributed by atoms with E-state index >= 15 is 0 Å². The predicted octanol–water partition coefficient (Wildman–Crippen LogP) is 1.31. The second kappa shape index (κ2) is 6.55. The van der Waals surface area contributed by atoms with E-state index < -0.39 is 6.29 Å². The highest BCUT2D eigenvalue weighted by Crippen LogP contribution is 2.30. The van der Waals surface area contributed by atoms with E-state index in [2.05, 4.69) is 15.0 Å². The molecular weight excluding hydrogens is 266 g/mol. The number of aliphatic imine (C=N–C) groups is 1. The summed E-state index contributed by atoms with van der Waals surface area (Å²) in [7, 11) is 3.05. The second-order valence-corrected chi connectivity index (χ2v) is 4.65. The SMILES string of the molecule is COC(CNC(=O)c1ccc2c(c1)SNC=N2)OC. The van der Waals surface area contributed by atoms with Crippen molar-refractivity contribution in [3.05, 3.63) is 23.8 Å². The van der Waals surface area contributed by atoms with E-state index in [1.165, 1.54) is 26.2 Å². The molecule has 19 heavy (non-hydrogen) atoms. The number of hydrogen-bond donors (Lipinski definition) is 2. The summed E-state index contributed by atoms with van der Waals surface area (Å²) in [4.78, 5) is 17.1. The van der Waals surface area contributed by atoms with Gasteiger partial charge in [-0.2, -0.15) is 0 Å². The number of carbonyl (C=O) groups excluding carboxylic acids is 1. The number of methoxy groups -OCH3 is 2. The first-order valence-electron chi connectivity index (χ1n) is 5.67. The van der Waals surface area contributed by atoms with Gasteiger partial charge in [-0.05, 0) is 30.1 Å². The van der Waals surface area contributed by atoms with Crippen LogP contribution >= 0.6 is 11.9 Å². The molecule has 0 spiro atoms. The zero-order chi connectivity index (χ0) is 13.7. The molecular formula is C12H15N3O3S. The van der Waals surface area contributed by atoms with Crippen LogP contribution in [-0.4, -0.2) is 39.3 Å². The van der Waals surface area contributed by atoms with Gasteiger partial charge in [0.25, 0.3) is 5.91 Å². The molecule has 1 aliphatic rings. The molecule has 1 aromatic rings. The Labute approximate surface area is 115 Å². The van der Waals surface area contributed by atoms with Gasteiger partial charge in [-0.1, -0.05) is 0 Å². The van der Waals surface area contributed by atoms with Crippen LogP contribution in [0.1, 0.15) is 10.4 Å². The maximum absolute atomic E-state index is 12.0. The number of amides is 1. The van der Waals surface area contributed by atoms with Crippen LogP contribution < -0.4 is 10.0 Å². The molecule has 1 amide bonds. The second-order valence-electron chi connectivity index (χ2n) is 3.77. The van der Waals surface area contributed by atoms with Crippen LogP contribution in [0, 0.1) is 0 Å². The number of carbonyl (C=O) groups is 1. The lowest BCUT2D eigenvalue weighted by molar-refractivity contribution is -0.0974. The Morgan fingerprint density at radius 1 is 1.47 bits per heavy atom. The van der Waals surface area contributed by atoms with Crippen LogP contribution in [0.15, 0.2) is 28.1 Å². The third-order valence-electron chi connectivity index (χ3n) is 2.60. The van der Waals surface area contributed by atoms with E-state index in [4.69, 9.17) is 9.47 Å². The van der Waals surface area contributed by atoms with E-state index in [1.807, 2.05) is 6.07 Å². The number of rotatable bonds is 5. The summed E-state index contributed by atoms with van der Waals surface area (Å²) < 4.78 is 12.9. The monoisotopic (exact) mass is 281 g/mol. The number of hydrogen-bond acceptors (Lipinski definition) is 6. The molecule has 0 saturated heterocycles. The molecule has 1 aromatic carbocycles. The minimum atomic E-state index is -0.442. The summed E-state index contributed by atoms with van der Waals surface area (Å²) in [6, 6.07) is 5.36. The zero-order valence-electron chi connectivity index (χ0n) is 10.7. The van der Waals surface area contributed by atoms with Crippen LogP contribution in [0.2, 0.25) is 0 Å². The van der Waals surface area contributed by atoms with Gasteiger partial charge in [0, 0.05) is 19.8 Å². The van der Waals surface area contributed by atoms with Crippen molar-refractivity contribution >= 4 is 29.9 Å². The summed E-state index contributed by atoms with van der Waals surface area (Å²) in [5.41, 5.74) is 1.43. The van der Waals surface area contributed by atoms with Crippen LogP contribution in [-0.2, 0) is 9.47 Å². The van der Waals surface area contributed by atoms with Crippen molar-refractivity contribution in [2.45, 2.75) is 11.2 Å². The van der Waals surface area contributed by atoms with Crippen molar-refractivity contribution in [1.82, 2.24) is 10.0 Å². The summed E-state index contributed by atoms with van der Waals surface area (Å²) >= 11 is 1.42. The number of fused-ring (bicyclic) bond motifs is 1. The Bertz CT molecular complexity index is 489. The molecule has 0 aromatic heterocycles. The number of ether oxygens (including phenoxy) is 2. The van der Waals surface area contributed by atoms with Gasteiger partial charge in [-0.3, -0.25) is 4.79 Å². The maximum atomic E-state index is 12.0. The van der Waals surface area contributed by atoms with Gasteiger partial charge in [0.1, 0.15) is 0 Å². The fraction of sp³-hybridized carbons (Fsp3) is 0.333. The lowest BCUT2D eigenvalue weighted by atomic mass is 10.2. The first kappa shape index (κ1) is 13.9. The van der Waals surface area contributed by atoms with E-state index in [0.29, 0.717) is 12.1 Å². The summed E-state index contributed by atoms with van der Waals surface area (Å²) in [5, 5.41) is 2.75. The van der Waals surface area contributed by atoms with Gasteiger partial charge in [-0.25, -0.2) is 4.99 Å². The van der Waals surface area contributed by atoms with E-state index in [-0.39, 0.29) is 5.91 Å². The average molecular weight is 281 g/mol. The molecule has 0 radical (unpaired) electrons. The average Bonchev–Trinajstić information content (AvgIpc) is 2.47. The van der Waals surface area contributed by atoms with Crippen molar-refractivity contribution in [3.63, 3.8) is 0 Å². The van der Waals surface area contributed by atoms with Crippen LogP contribution in [0.5, 0.6) is 0 Å². The molecule has 7 heteroatoms. The molecule has 2 rings (SSSR count). The first-order chi connectivity index (χ1) is 9.24. The van der Waals surface area contributed by atoms with Gasteiger partial charge in [0.15, 0.2) is 6.29 Å². The van der Waals surface area contributed by atoms with Gasteiger partial charge in [0.2, 0.25) is 0 Å². The molecule has 6 nitrogen and oxygen atoms in total. The first-order valence-corrected chi connectivity index (χ1v) is 6.49. The molecule has 0 atom stereocenters. The normalized spacial score (nSPS) is 13.0. The topological polar surface area (TPSA) is 72.0 Å². The Morgan fingerprint density at radius 3 is 3.00 bits per heavy atom. The van der Waals surface area contributed by atoms with Gasteiger partial charge >= 0.3 is 0 Å². The van der Waals surface area contributed by atoms with Crippen molar-refractivity contribution < 1.29 is 14.3 Å². The molecule has 0 fully saturated rings. The minimum absolute atomic E-state index is 0.169. The molecule has 1 heterocycles. The highest BCUT2D eigenvalue weighted by molar-refractivity contribution is 7.98. The molecule has 0 bridgehead atoms. The summed E-state index contributed by atoms with van der Waals surface area (Å²) in [6.07, 6.45) is 1.18. The highest BCUT2D eigenvalue weighted by atomic mass is 32.2. The number of nitrogens with one attached hydrogen (secondary N) is 2. The largest absolute Gasteiger partial charge is 0.354 e. The maximum Gasteiger partial charge on any atom is 0.251 e. The third-order valence-corrected chi connectivity index (χ3v) is 3.37. The van der Waals surface area contributed by atoms with E-state index in [0.717, 1.165) is 10.6 Å². The van der Waals surface area contributed by atoms with Crippen LogP contribution in [0.25, 0.3) is 0 Å². The summed E-state index contributed by atoms with van der Waals surface area (Å²) in [6.45, 7) is 0.298. The molecule has 2 N–H and O–H groups in total. The Hall–Kier alpha value is -1.57. The Morgan fingerprint density at radius 2 is 2.26 bits per heavy atom. The molecule has 0 aliphatic carbocycles. The Kier molecular flexibility index (Phi) is 4.78. The van der Waals surface area contributed by atoms with E-state index in [9.17, 15) is 4.79 Å². The smallest absolute Gasteiger partial charge is 0.251 e. The molecule has 1 aliphatic heterocycles. The van der Waals surface area contributed by atoms with E-state index in [1.54, 1.807) is 18.5 Å². The number of benzene rings is 1. The molecule has 102 valence electrons. The van der Waals surface area contributed by atoms with Crippen LogP contribution in [0.3, 0.4) is 0 Å². The van der Waals surface area contributed by atoms with Gasteiger partial charge < -0.3 is 19.5 Å². The van der Waals surface area contributed by atoms with Crippen molar-refractivity contribution in [2.24, 2.45) is 4.99 Å². The lowest BCUT2D eigenvalue weighted by Crippen LogP contribution is -2.34. The lowest BCUT2D eigenvalue weighted by Gasteiger charge is -2.15.